The molecule has 0 bridgehead atoms. The van der Waals surface area contributed by atoms with E-state index in [1.807, 2.05) is 0 Å². The lowest BCUT2D eigenvalue weighted by Gasteiger charge is -2.10. The van der Waals surface area contributed by atoms with Gasteiger partial charge in [0.15, 0.2) is 0 Å². The highest BCUT2D eigenvalue weighted by Gasteiger charge is 2.18. The fraction of sp³-hybridized carbons (Fsp3) is 0.133. The van der Waals surface area contributed by atoms with Crippen LogP contribution < -0.4 is 0 Å². The van der Waals surface area contributed by atoms with Crippen molar-refractivity contribution in [3.05, 3.63) is 53.1 Å². The summed E-state index contributed by atoms with van der Waals surface area (Å²) in [6, 6.07) is -5.06. The highest BCUT2D eigenvalue weighted by Crippen LogP contribution is 2.21. The number of dihydropyridines is 1. The SMILES string of the molecule is [2H]C1=NC(=C(O)CC([2H])([2H])C(=O)O)C(=O)C([2H])=C1c1c([2H])c([2H])c([2H])c(F)c1[2H]. The first-order valence-corrected chi connectivity index (χ1v) is 5.45. The molecule has 0 saturated carbocycles. The number of ketones is 1. The third kappa shape index (κ3) is 3.62. The molecule has 0 saturated heterocycles. The predicted molar refractivity (Wildman–Crippen MR) is 74.4 cm³/mol. The van der Waals surface area contributed by atoms with Gasteiger partial charge in [-0.15, -0.1) is 0 Å². The number of aliphatic hydroxyl groups excluding tert-OH is 1. The average molecular weight is 297 g/mol. The number of carbonyl (C=O) groups is 2. The number of carboxylic acids is 1. The summed E-state index contributed by atoms with van der Waals surface area (Å²) < 4.78 is 74.8. The molecule has 5 nitrogen and oxygen atoms in total. The van der Waals surface area contributed by atoms with Crippen molar-refractivity contribution < 1.29 is 35.2 Å². The van der Waals surface area contributed by atoms with E-state index in [0.29, 0.717) is 0 Å². The topological polar surface area (TPSA) is 87.0 Å². The molecule has 6 heteroatoms. The lowest BCUT2D eigenvalue weighted by Crippen LogP contribution is -2.09. The summed E-state index contributed by atoms with van der Waals surface area (Å²) in [6.07, 6.45) is -5.13. The monoisotopic (exact) mass is 297 g/mol. The summed E-state index contributed by atoms with van der Waals surface area (Å²) in [5.41, 5.74) is -2.54. The van der Waals surface area contributed by atoms with Gasteiger partial charge in [0.05, 0.1) is 14.6 Å². The highest BCUT2D eigenvalue weighted by molar-refractivity contribution is 6.23. The number of rotatable bonds is 4. The Kier molecular flexibility index (Phi) is 2.13. The van der Waals surface area contributed by atoms with Crippen molar-refractivity contribution in [1.82, 2.24) is 0 Å². The second-order valence-corrected chi connectivity index (χ2v) is 3.70. The summed E-state index contributed by atoms with van der Waals surface area (Å²) in [4.78, 5) is 26.6. The van der Waals surface area contributed by atoms with E-state index in [2.05, 4.69) is 4.99 Å². The van der Waals surface area contributed by atoms with Crippen molar-refractivity contribution in [2.24, 2.45) is 4.99 Å². The quantitative estimate of drug-likeness (QED) is 0.660. The zero-order valence-corrected chi connectivity index (χ0v) is 10.2. The van der Waals surface area contributed by atoms with Crippen LogP contribution in [0.25, 0.3) is 5.57 Å². The van der Waals surface area contributed by atoms with Crippen LogP contribution in [-0.4, -0.2) is 28.2 Å². The van der Waals surface area contributed by atoms with Crippen LogP contribution in [0.15, 0.2) is 46.7 Å². The minimum absolute atomic E-state index is 0.782. The number of benzene rings is 1. The number of carboxylic acid groups (broad SMARTS) is 1. The smallest absolute Gasteiger partial charge is 0.303 e. The number of aliphatic imine (C=N–C) groups is 1. The zero-order valence-electron chi connectivity index (χ0n) is 18.2. The molecule has 21 heavy (non-hydrogen) atoms. The van der Waals surface area contributed by atoms with Crippen molar-refractivity contribution in [1.29, 1.82) is 0 Å². The van der Waals surface area contributed by atoms with Crippen molar-refractivity contribution in [2.45, 2.75) is 12.8 Å². The van der Waals surface area contributed by atoms with Gasteiger partial charge in [0.2, 0.25) is 5.78 Å². The molecule has 2 N–H and O–H groups in total. The number of hydrogen-bond acceptors (Lipinski definition) is 4. The molecule has 0 radical (unpaired) electrons. The van der Waals surface area contributed by atoms with Crippen molar-refractivity contribution in [2.75, 3.05) is 0 Å². The van der Waals surface area contributed by atoms with Crippen LogP contribution in [0.3, 0.4) is 0 Å². The number of nitrogens with zero attached hydrogens (tertiary/aromatic N) is 1. The van der Waals surface area contributed by atoms with Gasteiger partial charge < -0.3 is 10.2 Å². The number of aliphatic hydroxyl groups is 1. The van der Waals surface area contributed by atoms with Crippen LogP contribution in [0.1, 0.15) is 29.3 Å². The highest BCUT2D eigenvalue weighted by atomic mass is 19.1. The Morgan fingerprint density at radius 1 is 1.43 bits per heavy atom. The van der Waals surface area contributed by atoms with Crippen molar-refractivity contribution in [3.8, 4) is 0 Å². The summed E-state index contributed by atoms with van der Waals surface area (Å²) in [6.45, 7) is 0. The lowest BCUT2D eigenvalue weighted by molar-refractivity contribution is -0.137. The molecule has 0 unspecified atom stereocenters. The van der Waals surface area contributed by atoms with E-state index in [0.717, 1.165) is 0 Å². The van der Waals surface area contributed by atoms with Crippen LogP contribution in [0.4, 0.5) is 4.39 Å². The molecule has 0 amide bonds. The summed E-state index contributed by atoms with van der Waals surface area (Å²) in [5, 5.41) is 18.7. The maximum absolute atomic E-state index is 14.0. The Labute approximate surface area is 131 Å². The normalized spacial score (nSPS) is 23.7. The van der Waals surface area contributed by atoms with E-state index in [-0.39, 0.29) is 0 Å². The number of halogens is 1. The molecule has 1 heterocycles. The standard InChI is InChI=1S/C15H12FNO4/c16-11-3-1-2-9(6-11)10-7-13(19)15(17-8-10)12(18)4-5-14(20)21/h1-3,6-8,18H,4-5H2,(H,20,21)/i1D,2D,3D,5D2,6D,7D,8D. The fourth-order valence-electron chi connectivity index (χ4n) is 1.37. The summed E-state index contributed by atoms with van der Waals surface area (Å²) >= 11 is 0. The number of aliphatic carboxylic acids is 1. The predicted octanol–water partition coefficient (Wildman–Crippen LogP) is 2.50. The van der Waals surface area contributed by atoms with Gasteiger partial charge in [-0.25, -0.2) is 9.38 Å². The second-order valence-electron chi connectivity index (χ2n) is 3.70. The molecule has 1 aliphatic heterocycles. The van der Waals surface area contributed by atoms with Gasteiger partial charge in [-0.1, -0.05) is 12.1 Å². The first-order chi connectivity index (χ1) is 13.2. The zero-order chi connectivity index (χ0) is 22.4. The molecule has 0 fully saturated rings. The molecule has 0 aliphatic carbocycles. The van der Waals surface area contributed by atoms with Gasteiger partial charge in [0, 0.05) is 20.9 Å². The Bertz CT molecular complexity index is 1020. The largest absolute Gasteiger partial charge is 0.510 e. The van der Waals surface area contributed by atoms with Gasteiger partial charge in [0.1, 0.15) is 17.3 Å². The Hall–Kier alpha value is -2.76. The van der Waals surface area contributed by atoms with Crippen molar-refractivity contribution >= 4 is 23.5 Å². The Morgan fingerprint density at radius 2 is 2.19 bits per heavy atom. The van der Waals surface area contributed by atoms with Crippen LogP contribution in [-0.2, 0) is 9.59 Å². The van der Waals surface area contributed by atoms with E-state index in [4.69, 9.17) is 16.1 Å². The van der Waals surface area contributed by atoms with Gasteiger partial charge in [-0.2, -0.15) is 0 Å². The van der Waals surface area contributed by atoms with Crippen LogP contribution in [0.2, 0.25) is 0 Å². The molecular weight excluding hydrogens is 277 g/mol. The minimum atomic E-state index is -2.98. The van der Waals surface area contributed by atoms with Gasteiger partial charge >= 0.3 is 5.97 Å². The van der Waals surface area contributed by atoms with Crippen LogP contribution >= 0.6 is 0 Å². The number of hydrogen-bond donors (Lipinski definition) is 2. The molecule has 108 valence electrons. The van der Waals surface area contributed by atoms with E-state index in [1.54, 1.807) is 0 Å². The van der Waals surface area contributed by atoms with Gasteiger partial charge in [-0.3, -0.25) is 9.59 Å². The molecule has 1 aromatic rings. The lowest BCUT2D eigenvalue weighted by atomic mass is 10.0. The molecule has 1 aromatic carbocycles. The minimum Gasteiger partial charge on any atom is -0.510 e. The Morgan fingerprint density at radius 3 is 2.90 bits per heavy atom. The first kappa shape index (κ1) is 7.31. The van der Waals surface area contributed by atoms with Crippen LogP contribution in [0.5, 0.6) is 0 Å². The molecule has 2 rings (SSSR count). The van der Waals surface area contributed by atoms with Gasteiger partial charge in [0.25, 0.3) is 0 Å². The second kappa shape index (κ2) is 6.13. The molecule has 0 spiro atoms. The maximum atomic E-state index is 14.0. The summed E-state index contributed by atoms with van der Waals surface area (Å²) in [7, 11) is 0. The average Bonchev–Trinajstić information content (AvgIpc) is 2.63. The van der Waals surface area contributed by atoms with E-state index in [9.17, 15) is 19.1 Å². The third-order valence-electron chi connectivity index (χ3n) is 2.26. The number of carbonyl (C=O) groups excluding carboxylic acids is 1. The van der Waals surface area contributed by atoms with Crippen molar-refractivity contribution in [3.63, 3.8) is 0 Å². The molecular formula is C15H12FNO4. The Balaban J connectivity index is 2.68. The summed E-state index contributed by atoms with van der Waals surface area (Å²) in [5.74, 6) is -5.95. The van der Waals surface area contributed by atoms with E-state index >= 15 is 0 Å². The maximum Gasteiger partial charge on any atom is 0.303 e. The van der Waals surface area contributed by atoms with E-state index < -0.39 is 89.4 Å². The first-order valence-electron chi connectivity index (χ1n) is 9.45. The van der Waals surface area contributed by atoms with Gasteiger partial charge in [-0.05, 0) is 23.7 Å². The molecule has 0 aromatic heterocycles. The molecule has 0 atom stereocenters. The molecule has 1 aliphatic rings. The number of allylic oxidation sites excluding steroid dienone is 3. The fourth-order valence-corrected chi connectivity index (χ4v) is 1.37. The third-order valence-corrected chi connectivity index (χ3v) is 2.26. The van der Waals surface area contributed by atoms with Crippen LogP contribution in [0, 0.1) is 5.82 Å². The van der Waals surface area contributed by atoms with E-state index in [1.165, 1.54) is 0 Å².